The standard InChI is InChI=1S/C10H16N4/c1-7-4-12-8(2)10(13-7)14(3)9-5-11-6-9/h4,9,11H,5-6H2,1-3H3. The minimum atomic E-state index is 0.574. The van der Waals surface area contributed by atoms with E-state index in [2.05, 4.69) is 27.2 Å². The van der Waals surface area contributed by atoms with Crippen molar-refractivity contribution in [3.8, 4) is 0 Å². The van der Waals surface area contributed by atoms with Gasteiger partial charge in [-0.05, 0) is 13.8 Å². The summed E-state index contributed by atoms with van der Waals surface area (Å²) in [5, 5.41) is 3.26. The van der Waals surface area contributed by atoms with Crippen LogP contribution in [0.25, 0.3) is 0 Å². The number of aryl methyl sites for hydroxylation is 2. The van der Waals surface area contributed by atoms with E-state index in [4.69, 9.17) is 0 Å². The number of hydrogen-bond donors (Lipinski definition) is 1. The highest BCUT2D eigenvalue weighted by Crippen LogP contribution is 2.17. The van der Waals surface area contributed by atoms with E-state index >= 15 is 0 Å². The van der Waals surface area contributed by atoms with Crippen LogP contribution in [0.3, 0.4) is 0 Å². The summed E-state index contributed by atoms with van der Waals surface area (Å²) in [5.41, 5.74) is 1.98. The van der Waals surface area contributed by atoms with Crippen molar-refractivity contribution in [2.24, 2.45) is 0 Å². The molecule has 0 saturated carbocycles. The van der Waals surface area contributed by atoms with Gasteiger partial charge in [-0.2, -0.15) is 0 Å². The van der Waals surface area contributed by atoms with Crippen LogP contribution >= 0.6 is 0 Å². The summed E-state index contributed by atoms with van der Waals surface area (Å²) in [6.45, 7) is 6.07. The summed E-state index contributed by atoms with van der Waals surface area (Å²) < 4.78 is 0. The summed E-state index contributed by atoms with van der Waals surface area (Å²) in [6.07, 6.45) is 1.81. The average molecular weight is 192 g/mol. The quantitative estimate of drug-likeness (QED) is 0.741. The van der Waals surface area contributed by atoms with Crippen LogP contribution in [0.15, 0.2) is 6.20 Å². The van der Waals surface area contributed by atoms with Crippen LogP contribution in [0.5, 0.6) is 0 Å². The zero-order chi connectivity index (χ0) is 10.1. The molecule has 0 aliphatic carbocycles. The Morgan fingerprint density at radius 3 is 2.71 bits per heavy atom. The maximum Gasteiger partial charge on any atom is 0.150 e. The third-order valence-corrected chi connectivity index (χ3v) is 2.69. The molecule has 1 aromatic heterocycles. The number of hydrogen-bond acceptors (Lipinski definition) is 4. The van der Waals surface area contributed by atoms with E-state index in [0.29, 0.717) is 6.04 Å². The first-order chi connectivity index (χ1) is 6.68. The van der Waals surface area contributed by atoms with Crippen LogP contribution in [0.1, 0.15) is 11.4 Å². The Kier molecular flexibility index (Phi) is 2.37. The first kappa shape index (κ1) is 9.40. The highest BCUT2D eigenvalue weighted by molar-refractivity contribution is 5.44. The molecule has 2 heterocycles. The van der Waals surface area contributed by atoms with Gasteiger partial charge in [-0.3, -0.25) is 4.98 Å². The molecule has 0 aromatic carbocycles. The molecule has 1 fully saturated rings. The third kappa shape index (κ3) is 1.57. The van der Waals surface area contributed by atoms with E-state index in [1.807, 2.05) is 20.0 Å². The summed E-state index contributed by atoms with van der Waals surface area (Å²) in [6, 6.07) is 0.574. The van der Waals surface area contributed by atoms with Crippen molar-refractivity contribution >= 4 is 5.82 Å². The van der Waals surface area contributed by atoms with Crippen LogP contribution < -0.4 is 10.2 Å². The van der Waals surface area contributed by atoms with Crippen molar-refractivity contribution in [1.29, 1.82) is 0 Å². The number of aromatic nitrogens is 2. The van der Waals surface area contributed by atoms with Gasteiger partial charge in [0.2, 0.25) is 0 Å². The molecule has 14 heavy (non-hydrogen) atoms. The zero-order valence-corrected chi connectivity index (χ0v) is 8.91. The molecular formula is C10H16N4. The van der Waals surface area contributed by atoms with E-state index < -0.39 is 0 Å². The Balaban J connectivity index is 2.24. The second kappa shape index (κ2) is 3.53. The van der Waals surface area contributed by atoms with Gasteiger partial charge in [-0.15, -0.1) is 0 Å². The van der Waals surface area contributed by atoms with Crippen molar-refractivity contribution in [1.82, 2.24) is 15.3 Å². The third-order valence-electron chi connectivity index (χ3n) is 2.69. The first-order valence-corrected chi connectivity index (χ1v) is 4.92. The maximum atomic E-state index is 4.51. The van der Waals surface area contributed by atoms with Crippen LogP contribution in [0.2, 0.25) is 0 Å². The molecule has 1 aromatic rings. The number of likely N-dealkylation sites (N-methyl/N-ethyl adjacent to an activating group) is 1. The lowest BCUT2D eigenvalue weighted by atomic mass is 10.1. The molecule has 1 aliphatic rings. The Morgan fingerprint density at radius 2 is 2.14 bits per heavy atom. The molecule has 4 nitrogen and oxygen atoms in total. The number of anilines is 1. The fourth-order valence-corrected chi connectivity index (χ4v) is 1.58. The lowest BCUT2D eigenvalue weighted by molar-refractivity contribution is 0.426. The predicted octanol–water partition coefficient (Wildman–Crippen LogP) is 0.501. The number of rotatable bonds is 2. The molecule has 1 N–H and O–H groups in total. The molecule has 0 unspecified atom stereocenters. The molecule has 0 spiro atoms. The molecule has 0 radical (unpaired) electrons. The Morgan fingerprint density at radius 1 is 1.43 bits per heavy atom. The van der Waals surface area contributed by atoms with Crippen molar-refractivity contribution < 1.29 is 0 Å². The first-order valence-electron chi connectivity index (χ1n) is 4.92. The monoisotopic (exact) mass is 192 g/mol. The van der Waals surface area contributed by atoms with Gasteiger partial charge in [-0.25, -0.2) is 4.98 Å². The molecule has 2 rings (SSSR count). The van der Waals surface area contributed by atoms with Gasteiger partial charge in [0.1, 0.15) is 5.82 Å². The maximum absolute atomic E-state index is 4.51. The van der Waals surface area contributed by atoms with Gasteiger partial charge in [0, 0.05) is 26.3 Å². The molecule has 1 saturated heterocycles. The second-order valence-electron chi connectivity index (χ2n) is 3.84. The van der Waals surface area contributed by atoms with Crippen LogP contribution in [0, 0.1) is 13.8 Å². The smallest absolute Gasteiger partial charge is 0.150 e. The van der Waals surface area contributed by atoms with E-state index in [9.17, 15) is 0 Å². The average Bonchev–Trinajstić information content (AvgIpc) is 2.06. The van der Waals surface area contributed by atoms with Crippen molar-refractivity contribution in [2.75, 3.05) is 25.0 Å². The van der Waals surface area contributed by atoms with E-state index in [1.54, 1.807) is 0 Å². The second-order valence-corrected chi connectivity index (χ2v) is 3.84. The molecule has 4 heteroatoms. The van der Waals surface area contributed by atoms with Gasteiger partial charge in [0.05, 0.1) is 17.4 Å². The SMILES string of the molecule is Cc1cnc(C)c(N(C)C2CNC2)n1. The van der Waals surface area contributed by atoms with Crippen molar-refractivity contribution in [2.45, 2.75) is 19.9 Å². The summed E-state index contributed by atoms with van der Waals surface area (Å²) in [5.74, 6) is 1.01. The fourth-order valence-electron chi connectivity index (χ4n) is 1.58. The van der Waals surface area contributed by atoms with Crippen LogP contribution in [-0.4, -0.2) is 36.1 Å². The molecule has 0 amide bonds. The van der Waals surface area contributed by atoms with E-state index in [0.717, 1.165) is 30.3 Å². The Labute approximate surface area is 84.4 Å². The van der Waals surface area contributed by atoms with Gasteiger partial charge < -0.3 is 10.2 Å². The lowest BCUT2D eigenvalue weighted by Crippen LogP contribution is -2.56. The van der Waals surface area contributed by atoms with Gasteiger partial charge in [0.25, 0.3) is 0 Å². The summed E-state index contributed by atoms with van der Waals surface area (Å²) in [7, 11) is 2.09. The van der Waals surface area contributed by atoms with Gasteiger partial charge >= 0.3 is 0 Å². The summed E-state index contributed by atoms with van der Waals surface area (Å²) >= 11 is 0. The molecular weight excluding hydrogens is 176 g/mol. The zero-order valence-electron chi connectivity index (χ0n) is 8.91. The highest BCUT2D eigenvalue weighted by Gasteiger charge is 2.23. The molecule has 1 aliphatic heterocycles. The molecule has 0 atom stereocenters. The molecule has 0 bridgehead atoms. The Hall–Kier alpha value is -1.16. The topological polar surface area (TPSA) is 41.1 Å². The largest absolute Gasteiger partial charge is 0.353 e. The van der Waals surface area contributed by atoms with Crippen LogP contribution in [-0.2, 0) is 0 Å². The Bertz CT molecular complexity index is 333. The van der Waals surface area contributed by atoms with Crippen molar-refractivity contribution in [3.63, 3.8) is 0 Å². The predicted molar refractivity (Wildman–Crippen MR) is 56.6 cm³/mol. The van der Waals surface area contributed by atoms with Gasteiger partial charge in [-0.1, -0.05) is 0 Å². The highest BCUT2D eigenvalue weighted by atomic mass is 15.3. The summed E-state index contributed by atoms with van der Waals surface area (Å²) in [4.78, 5) is 11.0. The van der Waals surface area contributed by atoms with Gasteiger partial charge in [0.15, 0.2) is 0 Å². The lowest BCUT2D eigenvalue weighted by Gasteiger charge is -2.36. The van der Waals surface area contributed by atoms with E-state index in [1.165, 1.54) is 0 Å². The van der Waals surface area contributed by atoms with E-state index in [-0.39, 0.29) is 0 Å². The number of nitrogens with zero attached hydrogens (tertiary/aromatic N) is 3. The van der Waals surface area contributed by atoms with Crippen molar-refractivity contribution in [3.05, 3.63) is 17.6 Å². The fraction of sp³-hybridized carbons (Fsp3) is 0.600. The number of nitrogens with one attached hydrogen (secondary N) is 1. The molecule has 76 valence electrons. The normalized spacial score (nSPS) is 16.5. The minimum absolute atomic E-state index is 0.574. The van der Waals surface area contributed by atoms with Crippen LogP contribution in [0.4, 0.5) is 5.82 Å². The minimum Gasteiger partial charge on any atom is -0.353 e.